The lowest BCUT2D eigenvalue weighted by Gasteiger charge is -2.42. The van der Waals surface area contributed by atoms with Gasteiger partial charge in [0, 0.05) is 23.5 Å². The Hall–Kier alpha value is -4.96. The molecule has 0 saturated heterocycles. The van der Waals surface area contributed by atoms with Gasteiger partial charge in [0.2, 0.25) is 0 Å². The molecular formula is C62H83BN2O. The zero-order valence-electron chi connectivity index (χ0n) is 43.8. The van der Waals surface area contributed by atoms with Gasteiger partial charge in [-0.3, -0.25) is 0 Å². The van der Waals surface area contributed by atoms with Crippen molar-refractivity contribution >= 4 is 29.0 Å². The summed E-state index contributed by atoms with van der Waals surface area (Å²) in [7, 11) is 0. The molecule has 350 valence electrons. The highest BCUT2D eigenvalue weighted by atomic mass is 16.3. The van der Waals surface area contributed by atoms with Gasteiger partial charge in [-0.25, -0.2) is 0 Å². The van der Waals surface area contributed by atoms with Crippen molar-refractivity contribution in [3.8, 4) is 0 Å². The Morgan fingerprint density at radius 3 is 2.09 bits per heavy atom. The Labute approximate surface area is 402 Å². The van der Waals surface area contributed by atoms with Crippen LogP contribution in [0.25, 0.3) is 11.0 Å². The summed E-state index contributed by atoms with van der Waals surface area (Å²) in [5, 5.41) is 4.85. The summed E-state index contributed by atoms with van der Waals surface area (Å²) in [4.78, 5) is 2.37. The molecule has 2 atom stereocenters. The van der Waals surface area contributed by atoms with Crippen molar-refractivity contribution in [2.24, 2.45) is 28.1 Å². The molecule has 1 aliphatic heterocycles. The lowest BCUT2D eigenvalue weighted by Crippen LogP contribution is -2.43. The number of hydrogen-bond donors (Lipinski definition) is 1. The van der Waals surface area contributed by atoms with E-state index >= 15 is 0 Å². The number of hydrogen-bond acceptors (Lipinski definition) is 3. The molecule has 2 heterocycles. The lowest BCUT2D eigenvalue weighted by molar-refractivity contribution is 0.273. The van der Waals surface area contributed by atoms with Crippen molar-refractivity contribution in [1.29, 1.82) is 0 Å². The first-order chi connectivity index (χ1) is 30.8. The van der Waals surface area contributed by atoms with E-state index in [4.69, 9.17) is 4.42 Å². The number of nitrogens with one attached hydrogen (secondary N) is 1. The van der Waals surface area contributed by atoms with E-state index in [0.717, 1.165) is 64.7 Å². The quantitative estimate of drug-likeness (QED) is 0.180. The Morgan fingerprint density at radius 1 is 0.848 bits per heavy atom. The van der Waals surface area contributed by atoms with Crippen LogP contribution in [0.4, 0.5) is 5.69 Å². The van der Waals surface area contributed by atoms with Gasteiger partial charge >= 0.3 is 0 Å². The van der Waals surface area contributed by atoms with E-state index in [1.807, 2.05) is 0 Å². The first-order valence-corrected chi connectivity index (χ1v) is 24.9. The highest BCUT2D eigenvalue weighted by Crippen LogP contribution is 2.51. The number of benzene rings is 1. The van der Waals surface area contributed by atoms with Crippen LogP contribution in [0, 0.1) is 28.1 Å². The molecule has 1 saturated carbocycles. The van der Waals surface area contributed by atoms with E-state index in [2.05, 4.69) is 237 Å². The van der Waals surface area contributed by atoms with Gasteiger partial charge in [0.1, 0.15) is 5.58 Å². The van der Waals surface area contributed by atoms with Crippen molar-refractivity contribution in [2.45, 2.75) is 153 Å². The summed E-state index contributed by atoms with van der Waals surface area (Å²) in [5.41, 5.74) is 15.5. The predicted molar refractivity (Wildman–Crippen MR) is 291 cm³/mol. The van der Waals surface area contributed by atoms with E-state index < -0.39 is 0 Å². The van der Waals surface area contributed by atoms with Crippen LogP contribution in [0.3, 0.4) is 0 Å². The van der Waals surface area contributed by atoms with E-state index in [9.17, 15) is 0 Å². The van der Waals surface area contributed by atoms with Gasteiger partial charge in [0.25, 0.3) is 6.71 Å². The lowest BCUT2D eigenvalue weighted by atomic mass is 9.40. The van der Waals surface area contributed by atoms with Gasteiger partial charge in [0.05, 0.1) is 11.3 Å². The molecule has 6 rings (SSSR count). The van der Waals surface area contributed by atoms with E-state index in [0.29, 0.717) is 11.8 Å². The highest BCUT2D eigenvalue weighted by molar-refractivity contribution is 6.86. The third-order valence-corrected chi connectivity index (χ3v) is 15.4. The van der Waals surface area contributed by atoms with Crippen LogP contribution in [0.5, 0.6) is 0 Å². The number of anilines is 1. The minimum Gasteiger partial charge on any atom is -0.468 e. The Bertz CT molecular complexity index is 2550. The van der Waals surface area contributed by atoms with Crippen LogP contribution >= 0.6 is 0 Å². The Balaban J connectivity index is 1.65. The number of fused-ring (bicyclic) bond motifs is 4. The Kier molecular flexibility index (Phi) is 14.8. The summed E-state index contributed by atoms with van der Waals surface area (Å²) in [6, 6.07) is 4.84. The molecule has 0 bridgehead atoms. The maximum absolute atomic E-state index is 7.32. The summed E-state index contributed by atoms with van der Waals surface area (Å²) in [6.07, 6.45) is 37.6. The van der Waals surface area contributed by atoms with Gasteiger partial charge in [-0.2, -0.15) is 0 Å². The van der Waals surface area contributed by atoms with Crippen LogP contribution in [0.1, 0.15) is 154 Å². The minimum absolute atomic E-state index is 0.0323. The fraction of sp³-hybridized carbons (Fsp3) is 0.452. The predicted octanol–water partition coefficient (Wildman–Crippen LogP) is 16.9. The molecule has 1 N–H and O–H groups in total. The second kappa shape index (κ2) is 19.3. The SMILES string of the molecule is C=CC1=C(/C=C/N/C=C2\B(/C=C/C=C3\C(=C)C(C)CCC3C)c3oc4cc5c(cc4c3N(/C=C/C=C(\C=C\C=C\C)C(C)(C)C)\C2=C\C(=C)C)C(C)(C)CCC5(C)C)C(C)(C)CCC1(C)C. The van der Waals surface area contributed by atoms with E-state index in [1.165, 1.54) is 51.8 Å². The highest BCUT2D eigenvalue weighted by Gasteiger charge is 2.42. The van der Waals surface area contributed by atoms with Gasteiger partial charge in [0.15, 0.2) is 0 Å². The van der Waals surface area contributed by atoms with Crippen LogP contribution < -0.4 is 15.9 Å². The van der Waals surface area contributed by atoms with Crippen LogP contribution in [-0.4, -0.2) is 6.71 Å². The first-order valence-electron chi connectivity index (χ1n) is 24.9. The minimum atomic E-state index is -0.208. The summed E-state index contributed by atoms with van der Waals surface area (Å²) >= 11 is 0. The zero-order valence-corrected chi connectivity index (χ0v) is 43.8. The number of rotatable bonds is 11. The van der Waals surface area contributed by atoms with E-state index in [-0.39, 0.29) is 33.8 Å². The molecule has 3 aliphatic carbocycles. The largest absolute Gasteiger partial charge is 0.468 e. The third-order valence-electron chi connectivity index (χ3n) is 15.4. The molecule has 2 unspecified atom stereocenters. The molecule has 66 heavy (non-hydrogen) atoms. The molecule has 4 aliphatic rings. The maximum Gasteiger partial charge on any atom is 0.287 e. The molecule has 2 aromatic rings. The molecule has 4 heteroatoms. The van der Waals surface area contributed by atoms with Crippen molar-refractivity contribution in [2.75, 3.05) is 4.90 Å². The standard InChI is InChI=1S/C62H83BN2O/c1-19-21-22-25-46(58(8,9)10)26-24-37-65-54(38-42(3)4)53(41-64-36-30-50-49(20-2)59(11,12)31-32-60(50,13)14)63(35-23-27-47-44(6)29-28-43(5)45(47)7)57-56(65)48-39-51-52(40-55(48)66-57)62(17,18)34-33-61(51,15)16/h19-27,30,35-41,43-44,64H,2-3,7,28-29,31-34H2,1,4-6,8-18H3/b21-19+,25-22+,35-23+,36-30+,37-24+,46-26+,47-27-,53-41-,54-38+. The number of furan rings is 1. The molecule has 1 aromatic heterocycles. The summed E-state index contributed by atoms with van der Waals surface area (Å²) in [5.74, 6) is 3.30. The smallest absolute Gasteiger partial charge is 0.287 e. The monoisotopic (exact) mass is 883 g/mol. The van der Waals surface area contributed by atoms with Gasteiger partial charge in [-0.15, -0.1) is 5.98 Å². The number of nitrogens with zero attached hydrogens (tertiary/aromatic N) is 1. The second-order valence-corrected chi connectivity index (χ2v) is 23.6. The van der Waals surface area contributed by atoms with Crippen molar-refractivity contribution in [1.82, 2.24) is 5.32 Å². The third kappa shape index (κ3) is 10.4. The van der Waals surface area contributed by atoms with Crippen LogP contribution in [-0.2, 0) is 10.8 Å². The van der Waals surface area contributed by atoms with Crippen molar-refractivity contribution in [3.05, 3.63) is 179 Å². The molecular weight excluding hydrogens is 800 g/mol. The van der Waals surface area contributed by atoms with Crippen molar-refractivity contribution < 1.29 is 4.42 Å². The second-order valence-electron chi connectivity index (χ2n) is 23.6. The average molecular weight is 883 g/mol. The summed E-state index contributed by atoms with van der Waals surface area (Å²) in [6.45, 7) is 47.8. The van der Waals surface area contributed by atoms with Gasteiger partial charge in [-0.1, -0.05) is 164 Å². The molecule has 0 spiro atoms. The van der Waals surface area contributed by atoms with Crippen molar-refractivity contribution in [3.63, 3.8) is 0 Å². The molecule has 1 aromatic carbocycles. The first kappa shape index (κ1) is 50.5. The maximum atomic E-state index is 7.32. The Morgan fingerprint density at radius 2 is 1.47 bits per heavy atom. The molecule has 3 nitrogen and oxygen atoms in total. The topological polar surface area (TPSA) is 28.4 Å². The zero-order chi connectivity index (χ0) is 48.6. The average Bonchev–Trinajstić information content (AvgIpc) is 3.60. The van der Waals surface area contributed by atoms with E-state index in [1.54, 1.807) is 0 Å². The molecule has 0 radical (unpaired) electrons. The fourth-order valence-electron chi connectivity index (χ4n) is 10.7. The molecule has 1 fully saturated rings. The van der Waals surface area contributed by atoms with Crippen LogP contribution in [0.2, 0.25) is 0 Å². The van der Waals surface area contributed by atoms with Crippen LogP contribution in [0.15, 0.2) is 172 Å². The number of allylic oxidation sites excluding steroid dienone is 18. The van der Waals surface area contributed by atoms with Gasteiger partial charge < -0.3 is 14.6 Å². The molecule has 0 amide bonds. The normalized spacial score (nSPS) is 25.2. The fourth-order valence-corrected chi connectivity index (χ4v) is 10.7. The van der Waals surface area contributed by atoms with Gasteiger partial charge in [-0.05, 0) is 172 Å². The summed E-state index contributed by atoms with van der Waals surface area (Å²) < 4.78 is 7.32.